The maximum absolute atomic E-state index is 9.40. The molecular weight excluding hydrogens is 212 g/mol. The number of aliphatic hydroxyl groups excluding tert-OH is 2. The van der Waals surface area contributed by atoms with E-state index in [0.717, 1.165) is 18.6 Å². The van der Waals surface area contributed by atoms with Gasteiger partial charge in [-0.2, -0.15) is 11.8 Å². The Labute approximate surface area is 94.8 Å². The summed E-state index contributed by atoms with van der Waals surface area (Å²) in [6.07, 6.45) is 3.88. The maximum Gasteiger partial charge on any atom is 0.161 e. The molecule has 0 bridgehead atoms. The number of aliphatic hydroxyl groups is 2. The highest BCUT2D eigenvalue weighted by atomic mass is 32.2. The smallest absolute Gasteiger partial charge is 0.161 e. The normalized spacial score (nSPS) is 39.6. The molecule has 4 atom stereocenters. The van der Waals surface area contributed by atoms with Gasteiger partial charge in [-0.3, -0.25) is 10.6 Å². The number of hydrogen-bond acceptors (Lipinski definition) is 5. The van der Waals surface area contributed by atoms with Crippen molar-refractivity contribution >= 4 is 11.8 Å². The Hall–Kier alpha value is 0.190. The van der Waals surface area contributed by atoms with E-state index < -0.39 is 6.35 Å². The van der Waals surface area contributed by atoms with Crippen LogP contribution >= 0.6 is 11.8 Å². The fraction of sp³-hybridized carbons (Fsp3) is 1.00. The lowest BCUT2D eigenvalue weighted by Gasteiger charge is -2.17. The van der Waals surface area contributed by atoms with Gasteiger partial charge in [0.05, 0.1) is 0 Å². The first-order valence-corrected chi connectivity index (χ1v) is 6.79. The summed E-state index contributed by atoms with van der Waals surface area (Å²) in [5, 5.41) is 25.0. The van der Waals surface area contributed by atoms with Crippen LogP contribution in [0.2, 0.25) is 0 Å². The molecule has 0 aromatic carbocycles. The van der Waals surface area contributed by atoms with E-state index in [1.165, 1.54) is 12.8 Å². The molecule has 0 spiro atoms. The molecule has 88 valence electrons. The molecule has 4 nitrogen and oxygen atoms in total. The highest BCUT2D eigenvalue weighted by molar-refractivity contribution is 8.00. The summed E-state index contributed by atoms with van der Waals surface area (Å²) >= 11 is 2.00. The first-order valence-electron chi connectivity index (χ1n) is 5.74. The number of fused-ring (bicyclic) bond motifs is 1. The van der Waals surface area contributed by atoms with Crippen LogP contribution in [-0.4, -0.2) is 46.3 Å². The minimum Gasteiger partial charge on any atom is -0.396 e. The van der Waals surface area contributed by atoms with Crippen LogP contribution in [0.15, 0.2) is 0 Å². The first-order chi connectivity index (χ1) is 7.31. The SMILES string of the molecule is OCCCCC[C@@H]1SC[C@@H]2NC(O)N[C@@H]21. The van der Waals surface area contributed by atoms with Crippen molar-refractivity contribution in [3.8, 4) is 0 Å². The van der Waals surface area contributed by atoms with Gasteiger partial charge in [0.1, 0.15) is 0 Å². The maximum atomic E-state index is 9.40. The Balaban J connectivity index is 1.70. The molecule has 2 aliphatic heterocycles. The Morgan fingerprint density at radius 1 is 1.20 bits per heavy atom. The van der Waals surface area contributed by atoms with Crippen LogP contribution in [0.25, 0.3) is 0 Å². The zero-order chi connectivity index (χ0) is 10.7. The van der Waals surface area contributed by atoms with Crippen molar-refractivity contribution < 1.29 is 10.2 Å². The van der Waals surface area contributed by atoms with Gasteiger partial charge in [0.15, 0.2) is 6.35 Å². The molecule has 2 saturated heterocycles. The number of unbranched alkanes of at least 4 members (excludes halogenated alkanes) is 2. The third kappa shape index (κ3) is 2.85. The molecule has 5 heteroatoms. The molecule has 0 saturated carbocycles. The summed E-state index contributed by atoms with van der Waals surface area (Å²) in [6, 6.07) is 0.868. The fourth-order valence-electron chi connectivity index (χ4n) is 2.40. The van der Waals surface area contributed by atoms with E-state index >= 15 is 0 Å². The zero-order valence-electron chi connectivity index (χ0n) is 8.85. The van der Waals surface area contributed by atoms with Gasteiger partial charge < -0.3 is 10.2 Å². The molecule has 0 aliphatic carbocycles. The topological polar surface area (TPSA) is 64.5 Å². The zero-order valence-corrected chi connectivity index (χ0v) is 9.67. The largest absolute Gasteiger partial charge is 0.396 e. The molecule has 2 heterocycles. The van der Waals surface area contributed by atoms with E-state index in [1.54, 1.807) is 0 Å². The van der Waals surface area contributed by atoms with Gasteiger partial charge in [-0.15, -0.1) is 0 Å². The van der Waals surface area contributed by atoms with Gasteiger partial charge in [0.2, 0.25) is 0 Å². The van der Waals surface area contributed by atoms with Crippen molar-refractivity contribution in [2.75, 3.05) is 12.4 Å². The van der Waals surface area contributed by atoms with Crippen LogP contribution in [0, 0.1) is 0 Å². The number of rotatable bonds is 5. The molecule has 2 aliphatic rings. The van der Waals surface area contributed by atoms with Crippen molar-refractivity contribution in [3.63, 3.8) is 0 Å². The van der Waals surface area contributed by atoms with Crippen LogP contribution < -0.4 is 10.6 Å². The highest BCUT2D eigenvalue weighted by Gasteiger charge is 2.42. The minimum atomic E-state index is -0.513. The number of hydrogen-bond donors (Lipinski definition) is 4. The second-order valence-corrected chi connectivity index (χ2v) is 5.59. The summed E-state index contributed by atoms with van der Waals surface area (Å²) in [5.74, 6) is 1.10. The highest BCUT2D eigenvalue weighted by Crippen LogP contribution is 2.33. The summed E-state index contributed by atoms with van der Waals surface area (Å²) < 4.78 is 0. The lowest BCUT2D eigenvalue weighted by Crippen LogP contribution is -2.37. The van der Waals surface area contributed by atoms with Crippen LogP contribution in [-0.2, 0) is 0 Å². The molecule has 0 amide bonds. The quantitative estimate of drug-likeness (QED) is 0.497. The summed E-state index contributed by atoms with van der Waals surface area (Å²) in [4.78, 5) is 0. The van der Waals surface area contributed by atoms with E-state index in [4.69, 9.17) is 5.11 Å². The van der Waals surface area contributed by atoms with Crippen molar-refractivity contribution in [3.05, 3.63) is 0 Å². The first kappa shape index (κ1) is 11.7. The predicted molar refractivity (Wildman–Crippen MR) is 61.7 cm³/mol. The lowest BCUT2D eigenvalue weighted by atomic mass is 10.0. The average Bonchev–Trinajstić information content (AvgIpc) is 2.73. The van der Waals surface area contributed by atoms with Gasteiger partial charge in [0.25, 0.3) is 0 Å². The molecule has 4 N–H and O–H groups in total. The van der Waals surface area contributed by atoms with E-state index in [1.807, 2.05) is 11.8 Å². The summed E-state index contributed by atoms with van der Waals surface area (Å²) in [7, 11) is 0. The Morgan fingerprint density at radius 2 is 2.07 bits per heavy atom. The van der Waals surface area contributed by atoms with Crippen LogP contribution in [0.4, 0.5) is 0 Å². The fourth-order valence-corrected chi connectivity index (χ4v) is 3.97. The number of thioether (sulfide) groups is 1. The summed E-state index contributed by atoms with van der Waals surface area (Å²) in [6.45, 7) is 0.308. The van der Waals surface area contributed by atoms with Gasteiger partial charge >= 0.3 is 0 Å². The minimum absolute atomic E-state index is 0.308. The Bertz CT molecular complexity index is 206. The molecule has 2 fully saturated rings. The van der Waals surface area contributed by atoms with Crippen LogP contribution in [0.3, 0.4) is 0 Å². The van der Waals surface area contributed by atoms with Crippen molar-refractivity contribution in [1.82, 2.24) is 10.6 Å². The third-order valence-corrected chi connectivity index (χ3v) is 4.70. The van der Waals surface area contributed by atoms with Gasteiger partial charge in [-0.05, 0) is 12.8 Å². The second kappa shape index (κ2) is 5.50. The van der Waals surface area contributed by atoms with Gasteiger partial charge in [-0.1, -0.05) is 12.8 Å². The van der Waals surface area contributed by atoms with Crippen LogP contribution in [0.5, 0.6) is 0 Å². The van der Waals surface area contributed by atoms with Crippen LogP contribution in [0.1, 0.15) is 25.7 Å². The predicted octanol–water partition coefficient (Wildman–Crippen LogP) is -0.140. The molecule has 2 rings (SSSR count). The molecular formula is C10H20N2O2S. The monoisotopic (exact) mass is 232 g/mol. The average molecular weight is 232 g/mol. The Kier molecular flexibility index (Phi) is 4.28. The molecule has 1 unspecified atom stereocenters. The van der Waals surface area contributed by atoms with Crippen molar-refractivity contribution in [2.24, 2.45) is 0 Å². The van der Waals surface area contributed by atoms with E-state index in [0.29, 0.717) is 23.9 Å². The van der Waals surface area contributed by atoms with E-state index in [-0.39, 0.29) is 0 Å². The summed E-state index contributed by atoms with van der Waals surface area (Å²) in [5.41, 5.74) is 0. The molecule has 0 radical (unpaired) electrons. The standard InChI is InChI=1S/C10H20N2O2S/c13-5-3-1-2-4-8-9-7(6-15-8)11-10(14)12-9/h7-14H,1-6H2/t7-,8-,9-,10?/m0/s1. The van der Waals surface area contributed by atoms with Crippen molar-refractivity contribution in [1.29, 1.82) is 0 Å². The van der Waals surface area contributed by atoms with E-state index in [9.17, 15) is 5.11 Å². The Morgan fingerprint density at radius 3 is 2.87 bits per heavy atom. The van der Waals surface area contributed by atoms with E-state index in [2.05, 4.69) is 10.6 Å². The van der Waals surface area contributed by atoms with Crippen molar-refractivity contribution in [2.45, 2.75) is 49.4 Å². The second-order valence-electron chi connectivity index (χ2n) is 4.31. The molecule has 15 heavy (non-hydrogen) atoms. The lowest BCUT2D eigenvalue weighted by molar-refractivity contribution is 0.130. The molecule has 0 aromatic rings. The van der Waals surface area contributed by atoms with Gasteiger partial charge in [-0.25, -0.2) is 0 Å². The number of nitrogens with one attached hydrogen (secondary N) is 2. The molecule has 0 aromatic heterocycles. The third-order valence-electron chi connectivity index (χ3n) is 3.19. The van der Waals surface area contributed by atoms with Gasteiger partial charge in [0, 0.05) is 29.7 Å².